The first kappa shape index (κ1) is 20.4. The summed E-state index contributed by atoms with van der Waals surface area (Å²) in [7, 11) is 0. The molecule has 0 bridgehead atoms. The maximum Gasteiger partial charge on any atom is 0.225 e. The van der Waals surface area contributed by atoms with Gasteiger partial charge in [0.2, 0.25) is 11.8 Å². The molecule has 4 rings (SSSR count). The average molecular weight is 410 g/mol. The zero-order valence-electron chi connectivity index (χ0n) is 17.9. The van der Waals surface area contributed by atoms with Crippen LogP contribution in [0.5, 0.6) is 0 Å². The number of anilines is 2. The van der Waals surface area contributed by atoms with Crippen LogP contribution in [0.3, 0.4) is 0 Å². The Balaban J connectivity index is 1.59. The number of amides is 2. The van der Waals surface area contributed by atoms with Gasteiger partial charge in [0.25, 0.3) is 0 Å². The standard InChI is InChI=1S/C23H31N5O2/c1-3-20(29)24-21-17(2)25-28(19-9-5-4-6-10-19)22(21)26-15-11-18(12-16-26)23(30)27-13-7-8-14-27/h4-6,9-10,18H,3,7-8,11-16H2,1-2H3,(H,24,29). The molecule has 1 aromatic heterocycles. The SMILES string of the molecule is CCC(=O)Nc1c(C)nn(-c2ccccc2)c1N1CCC(C(=O)N2CCCC2)CC1. The summed E-state index contributed by atoms with van der Waals surface area (Å²) < 4.78 is 1.92. The molecule has 0 spiro atoms. The highest BCUT2D eigenvalue weighted by Crippen LogP contribution is 2.35. The summed E-state index contributed by atoms with van der Waals surface area (Å²) in [6, 6.07) is 9.99. The summed E-state index contributed by atoms with van der Waals surface area (Å²) in [6.45, 7) is 7.14. The Morgan fingerprint density at radius 3 is 2.37 bits per heavy atom. The van der Waals surface area contributed by atoms with Crippen molar-refractivity contribution in [2.75, 3.05) is 36.4 Å². The van der Waals surface area contributed by atoms with Gasteiger partial charge in [-0.2, -0.15) is 5.10 Å². The molecule has 7 heteroatoms. The van der Waals surface area contributed by atoms with Crippen molar-refractivity contribution in [1.82, 2.24) is 14.7 Å². The Bertz CT molecular complexity index is 894. The summed E-state index contributed by atoms with van der Waals surface area (Å²) in [5.41, 5.74) is 2.53. The van der Waals surface area contributed by atoms with Crippen molar-refractivity contribution >= 4 is 23.3 Å². The molecule has 0 atom stereocenters. The number of carbonyl (C=O) groups is 2. The zero-order valence-corrected chi connectivity index (χ0v) is 17.9. The molecule has 0 aliphatic carbocycles. The lowest BCUT2D eigenvalue weighted by molar-refractivity contribution is -0.135. The van der Waals surface area contributed by atoms with Crippen molar-refractivity contribution < 1.29 is 9.59 Å². The van der Waals surface area contributed by atoms with Gasteiger partial charge in [-0.1, -0.05) is 25.1 Å². The normalized spacial score (nSPS) is 17.4. The van der Waals surface area contributed by atoms with Crippen molar-refractivity contribution in [2.24, 2.45) is 5.92 Å². The van der Waals surface area contributed by atoms with Gasteiger partial charge in [0.05, 0.1) is 11.4 Å². The van der Waals surface area contributed by atoms with Crippen molar-refractivity contribution in [3.05, 3.63) is 36.0 Å². The van der Waals surface area contributed by atoms with E-state index >= 15 is 0 Å². The van der Waals surface area contributed by atoms with Crippen LogP contribution >= 0.6 is 0 Å². The predicted octanol–water partition coefficient (Wildman–Crippen LogP) is 3.37. The van der Waals surface area contributed by atoms with Gasteiger partial charge in [-0.3, -0.25) is 9.59 Å². The number of rotatable bonds is 5. The highest BCUT2D eigenvalue weighted by atomic mass is 16.2. The number of carbonyl (C=O) groups excluding carboxylic acids is 2. The predicted molar refractivity (Wildman–Crippen MR) is 118 cm³/mol. The Kier molecular flexibility index (Phi) is 6.06. The number of likely N-dealkylation sites (tertiary alicyclic amines) is 1. The van der Waals surface area contributed by atoms with Crippen LogP contribution in [-0.4, -0.2) is 52.7 Å². The molecule has 1 N–H and O–H groups in total. The number of aromatic nitrogens is 2. The van der Waals surface area contributed by atoms with E-state index in [0.29, 0.717) is 12.3 Å². The van der Waals surface area contributed by atoms with E-state index in [2.05, 4.69) is 10.2 Å². The van der Waals surface area contributed by atoms with Crippen LogP contribution in [0.15, 0.2) is 30.3 Å². The van der Waals surface area contributed by atoms with Gasteiger partial charge in [-0.05, 0) is 44.7 Å². The third-order valence-electron chi connectivity index (χ3n) is 6.18. The minimum Gasteiger partial charge on any atom is -0.355 e. The quantitative estimate of drug-likeness (QED) is 0.822. The van der Waals surface area contributed by atoms with E-state index in [1.807, 2.05) is 53.8 Å². The molecule has 0 saturated carbocycles. The molecule has 1 aromatic carbocycles. The van der Waals surface area contributed by atoms with Crippen LogP contribution < -0.4 is 10.2 Å². The number of hydrogen-bond donors (Lipinski definition) is 1. The third kappa shape index (κ3) is 4.06. The number of nitrogens with one attached hydrogen (secondary N) is 1. The highest BCUT2D eigenvalue weighted by molar-refractivity contribution is 5.94. The lowest BCUT2D eigenvalue weighted by atomic mass is 9.95. The van der Waals surface area contributed by atoms with E-state index in [1.165, 1.54) is 0 Å². The molecule has 2 amide bonds. The molecule has 3 heterocycles. The molecule has 2 aliphatic rings. The lowest BCUT2D eigenvalue weighted by Crippen LogP contribution is -2.42. The molecule has 7 nitrogen and oxygen atoms in total. The lowest BCUT2D eigenvalue weighted by Gasteiger charge is -2.35. The Hall–Kier alpha value is -2.83. The fourth-order valence-electron chi connectivity index (χ4n) is 4.46. The number of nitrogens with zero attached hydrogens (tertiary/aromatic N) is 4. The number of benzene rings is 1. The average Bonchev–Trinajstić information content (AvgIpc) is 3.43. The fourth-order valence-corrected chi connectivity index (χ4v) is 4.46. The van der Waals surface area contributed by atoms with Crippen molar-refractivity contribution in [2.45, 2.75) is 46.0 Å². The summed E-state index contributed by atoms with van der Waals surface area (Å²) in [4.78, 5) is 29.3. The Labute approximate surface area is 178 Å². The maximum atomic E-state index is 12.8. The molecule has 2 aromatic rings. The number of aryl methyl sites for hydroxylation is 1. The van der Waals surface area contributed by atoms with Gasteiger partial charge in [-0.15, -0.1) is 0 Å². The van der Waals surface area contributed by atoms with E-state index in [1.54, 1.807) is 0 Å². The maximum absolute atomic E-state index is 12.8. The number of hydrogen-bond acceptors (Lipinski definition) is 4. The van der Waals surface area contributed by atoms with Gasteiger partial charge < -0.3 is 15.1 Å². The molecule has 2 saturated heterocycles. The van der Waals surface area contributed by atoms with Crippen LogP contribution in [0.25, 0.3) is 5.69 Å². The summed E-state index contributed by atoms with van der Waals surface area (Å²) >= 11 is 0. The minimum atomic E-state index is -0.0222. The second kappa shape index (κ2) is 8.90. The van der Waals surface area contributed by atoms with Gasteiger partial charge in [0.15, 0.2) is 5.82 Å². The zero-order chi connectivity index (χ0) is 21.1. The van der Waals surface area contributed by atoms with Gasteiger partial charge in [0, 0.05) is 38.5 Å². The van der Waals surface area contributed by atoms with Crippen LogP contribution in [0.1, 0.15) is 44.7 Å². The van der Waals surface area contributed by atoms with E-state index in [9.17, 15) is 9.59 Å². The third-order valence-corrected chi connectivity index (χ3v) is 6.18. The van der Waals surface area contributed by atoms with E-state index < -0.39 is 0 Å². The molecular weight excluding hydrogens is 378 g/mol. The molecule has 160 valence electrons. The first-order chi connectivity index (χ1) is 14.6. The second-order valence-electron chi connectivity index (χ2n) is 8.23. The second-order valence-corrected chi connectivity index (χ2v) is 8.23. The van der Waals surface area contributed by atoms with E-state index in [4.69, 9.17) is 5.10 Å². The molecule has 0 unspecified atom stereocenters. The molecular formula is C23H31N5O2. The van der Waals surface area contributed by atoms with Crippen molar-refractivity contribution in [1.29, 1.82) is 0 Å². The first-order valence-electron chi connectivity index (χ1n) is 11.1. The number of piperidine rings is 1. The van der Waals surface area contributed by atoms with Gasteiger partial charge in [0.1, 0.15) is 5.69 Å². The van der Waals surface area contributed by atoms with Gasteiger partial charge >= 0.3 is 0 Å². The van der Waals surface area contributed by atoms with E-state index in [-0.39, 0.29) is 11.8 Å². The molecule has 2 fully saturated rings. The first-order valence-corrected chi connectivity index (χ1v) is 11.1. The Morgan fingerprint density at radius 1 is 1.07 bits per heavy atom. The van der Waals surface area contributed by atoms with Gasteiger partial charge in [-0.25, -0.2) is 4.68 Å². The van der Waals surface area contributed by atoms with Crippen LogP contribution in [0.2, 0.25) is 0 Å². The van der Waals surface area contributed by atoms with Crippen LogP contribution in [-0.2, 0) is 9.59 Å². The topological polar surface area (TPSA) is 70.5 Å². The fraction of sp³-hybridized carbons (Fsp3) is 0.522. The van der Waals surface area contributed by atoms with Crippen molar-refractivity contribution in [3.63, 3.8) is 0 Å². The smallest absolute Gasteiger partial charge is 0.225 e. The van der Waals surface area contributed by atoms with Crippen molar-refractivity contribution in [3.8, 4) is 5.69 Å². The summed E-state index contributed by atoms with van der Waals surface area (Å²) in [5, 5.41) is 7.80. The summed E-state index contributed by atoms with van der Waals surface area (Å²) in [6.07, 6.45) is 4.33. The van der Waals surface area contributed by atoms with E-state index in [0.717, 1.165) is 74.7 Å². The van der Waals surface area contributed by atoms with Crippen LogP contribution in [0, 0.1) is 12.8 Å². The highest BCUT2D eigenvalue weighted by Gasteiger charge is 2.32. The molecule has 2 aliphatic heterocycles. The monoisotopic (exact) mass is 409 g/mol. The molecule has 30 heavy (non-hydrogen) atoms. The Morgan fingerprint density at radius 2 is 1.73 bits per heavy atom. The number of para-hydroxylation sites is 1. The summed E-state index contributed by atoms with van der Waals surface area (Å²) in [5.74, 6) is 1.31. The minimum absolute atomic E-state index is 0.0222. The van der Waals surface area contributed by atoms with Crippen LogP contribution in [0.4, 0.5) is 11.5 Å². The molecule has 0 radical (unpaired) electrons. The largest absolute Gasteiger partial charge is 0.355 e.